The van der Waals surface area contributed by atoms with Gasteiger partial charge in [0.2, 0.25) is 5.91 Å². The van der Waals surface area contributed by atoms with Crippen LogP contribution in [-0.4, -0.2) is 59.9 Å². The van der Waals surface area contributed by atoms with Gasteiger partial charge in [-0.1, -0.05) is 84.9 Å². The summed E-state index contributed by atoms with van der Waals surface area (Å²) in [5.74, 6) is -0.753. The Bertz CT molecular complexity index is 1570. The molecule has 9 nitrogen and oxygen atoms in total. The molecule has 5 N–H and O–H groups in total. The van der Waals surface area contributed by atoms with Crippen molar-refractivity contribution in [3.63, 3.8) is 0 Å². The molecule has 2 aliphatic heterocycles. The van der Waals surface area contributed by atoms with Gasteiger partial charge in [-0.15, -0.1) is 0 Å². The second kappa shape index (κ2) is 13.9. The molecule has 1 fully saturated rings. The maximum atomic E-state index is 14.7. The van der Waals surface area contributed by atoms with Crippen molar-refractivity contribution in [1.29, 1.82) is 0 Å². The number of benzene rings is 3. The topological polar surface area (TPSA) is 140 Å². The molecule has 9 heteroatoms. The molecule has 2 heterocycles. The lowest BCUT2D eigenvalue weighted by atomic mass is 9.77. The zero-order valence-corrected chi connectivity index (χ0v) is 25.8. The van der Waals surface area contributed by atoms with E-state index in [4.69, 9.17) is 15.2 Å². The van der Waals surface area contributed by atoms with Crippen LogP contribution in [0.15, 0.2) is 96.7 Å². The zero-order valence-electron chi connectivity index (χ0n) is 25.8. The van der Waals surface area contributed by atoms with Crippen LogP contribution in [0.25, 0.3) is 0 Å². The van der Waals surface area contributed by atoms with Gasteiger partial charge < -0.3 is 30.9 Å². The standard InChI is InChI=1S/C37H41N3O6/c38-34(42)19-26-18-30(29-14-8-7-13-28(26)29)31-22-39-37(35(31)43,20-25-11-5-2-6-12-25)21-33(41)32(17-24-9-3-1-4-10-24)40-36(44)46-27-15-16-45-23-27/h1-14,22,26-27,30,32-33,39,41H,15-21,23H2,(H2,38,42)(H,40,44)/t26-,27+,30-,32+,33+,37+/m1/s1. The minimum atomic E-state index is -1.16. The van der Waals surface area contributed by atoms with Crippen molar-refractivity contribution in [3.05, 3.63) is 119 Å². The lowest BCUT2D eigenvalue weighted by Crippen LogP contribution is -2.55. The van der Waals surface area contributed by atoms with Crippen molar-refractivity contribution in [2.24, 2.45) is 5.73 Å². The Hall–Kier alpha value is -4.47. The maximum Gasteiger partial charge on any atom is 0.407 e. The summed E-state index contributed by atoms with van der Waals surface area (Å²) in [6, 6.07) is 26.5. The minimum Gasteiger partial charge on any atom is -0.444 e. The molecule has 6 rings (SSSR count). The number of amides is 2. The van der Waals surface area contributed by atoms with Gasteiger partial charge in [-0.25, -0.2) is 4.79 Å². The number of carbonyl (C=O) groups excluding carboxylic acids is 3. The van der Waals surface area contributed by atoms with Crippen LogP contribution < -0.4 is 16.4 Å². The first kappa shape index (κ1) is 31.5. The van der Waals surface area contributed by atoms with Gasteiger partial charge in [-0.2, -0.15) is 0 Å². The Morgan fingerprint density at radius 3 is 2.35 bits per heavy atom. The first-order chi connectivity index (χ1) is 22.3. The van der Waals surface area contributed by atoms with Crippen molar-refractivity contribution in [2.45, 2.75) is 74.1 Å². The smallest absolute Gasteiger partial charge is 0.407 e. The van der Waals surface area contributed by atoms with E-state index in [-0.39, 0.29) is 42.5 Å². The van der Waals surface area contributed by atoms with Crippen LogP contribution in [0.2, 0.25) is 0 Å². The van der Waals surface area contributed by atoms with E-state index >= 15 is 0 Å². The third-order valence-corrected chi connectivity index (χ3v) is 9.49. The minimum absolute atomic E-state index is 0.0458. The average molecular weight is 624 g/mol. The van der Waals surface area contributed by atoms with E-state index < -0.39 is 23.8 Å². The summed E-state index contributed by atoms with van der Waals surface area (Å²) in [6.45, 7) is 0.880. The van der Waals surface area contributed by atoms with Crippen LogP contribution in [0.1, 0.15) is 59.8 Å². The van der Waals surface area contributed by atoms with Gasteiger partial charge in [0.1, 0.15) is 11.6 Å². The number of aliphatic hydroxyl groups excluding tert-OH is 1. The second-order valence-electron chi connectivity index (χ2n) is 12.7. The van der Waals surface area contributed by atoms with Crippen LogP contribution in [0.3, 0.4) is 0 Å². The van der Waals surface area contributed by atoms with Gasteiger partial charge >= 0.3 is 6.09 Å². The quantitative estimate of drug-likeness (QED) is 0.239. The molecule has 0 saturated carbocycles. The molecule has 2 amide bonds. The van der Waals surface area contributed by atoms with Gasteiger partial charge in [-0.05, 0) is 41.0 Å². The van der Waals surface area contributed by atoms with Gasteiger partial charge in [-0.3, -0.25) is 9.59 Å². The van der Waals surface area contributed by atoms with Crippen molar-refractivity contribution >= 4 is 17.8 Å². The van der Waals surface area contributed by atoms with Crippen molar-refractivity contribution in [1.82, 2.24) is 10.6 Å². The number of nitrogens with one attached hydrogen (secondary N) is 2. The third-order valence-electron chi connectivity index (χ3n) is 9.49. The number of aliphatic hydroxyl groups is 1. The Balaban J connectivity index is 1.27. The van der Waals surface area contributed by atoms with Crippen LogP contribution in [0.5, 0.6) is 0 Å². The normalized spacial score (nSPS) is 24.8. The summed E-state index contributed by atoms with van der Waals surface area (Å²) >= 11 is 0. The highest BCUT2D eigenvalue weighted by molar-refractivity contribution is 6.06. The number of primary amides is 1. The third kappa shape index (κ3) is 7.00. The van der Waals surface area contributed by atoms with E-state index in [1.54, 1.807) is 6.20 Å². The number of rotatable bonds is 12. The molecule has 0 radical (unpaired) electrons. The number of ketones is 1. The molecule has 1 saturated heterocycles. The average Bonchev–Trinajstić information content (AvgIpc) is 3.76. The van der Waals surface area contributed by atoms with Crippen LogP contribution in [-0.2, 0) is 31.9 Å². The van der Waals surface area contributed by atoms with E-state index in [9.17, 15) is 19.5 Å². The number of ether oxygens (including phenoxy) is 2. The molecule has 0 spiro atoms. The fourth-order valence-electron chi connectivity index (χ4n) is 7.24. The lowest BCUT2D eigenvalue weighted by Gasteiger charge is -2.35. The molecule has 0 aromatic heterocycles. The summed E-state index contributed by atoms with van der Waals surface area (Å²) in [5, 5.41) is 18.2. The predicted molar refractivity (Wildman–Crippen MR) is 173 cm³/mol. The molecule has 240 valence electrons. The van der Waals surface area contributed by atoms with Gasteiger partial charge in [0, 0.05) is 43.4 Å². The van der Waals surface area contributed by atoms with Gasteiger partial charge in [0.05, 0.1) is 25.4 Å². The summed E-state index contributed by atoms with van der Waals surface area (Å²) in [6.07, 6.45) is 1.90. The largest absolute Gasteiger partial charge is 0.444 e. The number of hydrogen-bond donors (Lipinski definition) is 4. The summed E-state index contributed by atoms with van der Waals surface area (Å²) in [4.78, 5) is 39.6. The molecule has 3 aromatic carbocycles. The molecule has 6 atom stereocenters. The van der Waals surface area contributed by atoms with Crippen molar-refractivity contribution in [3.8, 4) is 0 Å². The van der Waals surface area contributed by atoms with E-state index in [1.165, 1.54) is 0 Å². The molecule has 0 unspecified atom stereocenters. The Morgan fingerprint density at radius 2 is 1.67 bits per heavy atom. The molecular formula is C37H41N3O6. The number of carbonyl (C=O) groups is 3. The van der Waals surface area contributed by atoms with E-state index in [0.29, 0.717) is 44.5 Å². The number of hydrogen-bond acceptors (Lipinski definition) is 7. The maximum absolute atomic E-state index is 14.7. The summed E-state index contributed by atoms with van der Waals surface area (Å²) in [5.41, 5.74) is 8.99. The fraction of sp³-hybridized carbons (Fsp3) is 0.378. The lowest BCUT2D eigenvalue weighted by molar-refractivity contribution is -0.122. The predicted octanol–water partition coefficient (Wildman–Crippen LogP) is 4.05. The molecule has 0 bridgehead atoms. The van der Waals surface area contributed by atoms with Crippen LogP contribution >= 0.6 is 0 Å². The van der Waals surface area contributed by atoms with E-state index in [1.807, 2.05) is 84.9 Å². The number of Topliss-reactive ketones (excluding diaryl/α,β-unsaturated/α-hetero) is 1. The number of alkyl carbamates (subject to hydrolysis) is 1. The second-order valence-corrected chi connectivity index (χ2v) is 12.7. The van der Waals surface area contributed by atoms with Crippen LogP contribution in [0, 0.1) is 0 Å². The van der Waals surface area contributed by atoms with Gasteiger partial charge in [0.25, 0.3) is 0 Å². The first-order valence-corrected chi connectivity index (χ1v) is 16.0. The highest BCUT2D eigenvalue weighted by Crippen LogP contribution is 2.49. The summed E-state index contributed by atoms with van der Waals surface area (Å²) in [7, 11) is 0. The molecule has 1 aliphatic carbocycles. The number of fused-ring (bicyclic) bond motifs is 1. The molecule has 3 aliphatic rings. The highest BCUT2D eigenvalue weighted by atomic mass is 16.6. The monoisotopic (exact) mass is 623 g/mol. The highest BCUT2D eigenvalue weighted by Gasteiger charge is 2.49. The van der Waals surface area contributed by atoms with Gasteiger partial charge in [0.15, 0.2) is 5.78 Å². The van der Waals surface area contributed by atoms with Crippen molar-refractivity contribution < 1.29 is 29.0 Å². The van der Waals surface area contributed by atoms with Crippen LogP contribution in [0.4, 0.5) is 4.79 Å². The van der Waals surface area contributed by atoms with E-state index in [2.05, 4.69) is 10.6 Å². The Morgan fingerprint density at radius 1 is 1.00 bits per heavy atom. The Kier molecular flexibility index (Phi) is 9.51. The molecule has 46 heavy (non-hydrogen) atoms. The Labute approximate surface area is 269 Å². The fourth-order valence-corrected chi connectivity index (χ4v) is 7.24. The SMILES string of the molecule is NC(=O)C[C@H]1C[C@@H](C2=CN[C@@](Cc3ccccc3)(C[C@H](O)[C@H](Cc3ccccc3)NC(=O)O[C@H]3CCOC3)C2=O)c2ccccc21. The van der Waals surface area contributed by atoms with E-state index in [0.717, 1.165) is 22.3 Å². The molecular weight excluding hydrogens is 582 g/mol. The number of nitrogens with two attached hydrogens (primary N) is 1. The van der Waals surface area contributed by atoms with Crippen molar-refractivity contribution in [2.75, 3.05) is 13.2 Å². The molecule has 3 aromatic rings. The first-order valence-electron chi connectivity index (χ1n) is 16.0. The summed E-state index contributed by atoms with van der Waals surface area (Å²) < 4.78 is 10.9. The zero-order chi connectivity index (χ0) is 32.1.